The summed E-state index contributed by atoms with van der Waals surface area (Å²) in [4.78, 5) is 61.9. The lowest BCUT2D eigenvalue weighted by molar-refractivity contribution is -0.150. The summed E-state index contributed by atoms with van der Waals surface area (Å²) in [5.41, 5.74) is 11.6. The maximum atomic E-state index is 13.0. The minimum atomic E-state index is -1.38. The van der Waals surface area contributed by atoms with Crippen molar-refractivity contribution in [2.24, 2.45) is 11.5 Å². The van der Waals surface area contributed by atoms with E-state index >= 15 is 0 Å². The molecule has 1 aliphatic rings. The third-order valence-electron chi connectivity index (χ3n) is 5.57. The van der Waals surface area contributed by atoms with Crippen LogP contribution < -0.4 is 22.1 Å². The molecule has 1 aliphatic heterocycles. The average molecular weight is 478 g/mol. The Labute approximate surface area is 196 Å². The van der Waals surface area contributed by atoms with Crippen molar-refractivity contribution in [1.82, 2.24) is 15.5 Å². The first-order valence-corrected chi connectivity index (χ1v) is 11.0. The SMILES string of the molecule is NC(=O)CCC(N)C(=O)NC(Cc1ccccc1)C(=O)NC(CO)C(=O)N1CCCC1C(=O)O. The lowest BCUT2D eigenvalue weighted by atomic mass is 10.0. The smallest absolute Gasteiger partial charge is 0.326 e. The molecule has 1 heterocycles. The fourth-order valence-electron chi connectivity index (χ4n) is 3.71. The van der Waals surface area contributed by atoms with Crippen LogP contribution in [0.25, 0.3) is 0 Å². The number of nitrogens with one attached hydrogen (secondary N) is 2. The molecule has 0 aromatic heterocycles. The van der Waals surface area contributed by atoms with E-state index in [0.717, 1.165) is 4.90 Å². The summed E-state index contributed by atoms with van der Waals surface area (Å²) in [6.07, 6.45) is 0.721. The number of amides is 4. The van der Waals surface area contributed by atoms with Crippen LogP contribution in [0.15, 0.2) is 30.3 Å². The average Bonchev–Trinajstić information content (AvgIpc) is 3.31. The van der Waals surface area contributed by atoms with Crippen molar-refractivity contribution >= 4 is 29.6 Å². The van der Waals surface area contributed by atoms with Crippen LogP contribution in [0.4, 0.5) is 0 Å². The van der Waals surface area contributed by atoms with Gasteiger partial charge in [-0.25, -0.2) is 4.79 Å². The van der Waals surface area contributed by atoms with E-state index in [1.807, 2.05) is 0 Å². The number of likely N-dealkylation sites (tertiary alicyclic amines) is 1. The topological polar surface area (TPSA) is 205 Å². The minimum Gasteiger partial charge on any atom is -0.480 e. The highest BCUT2D eigenvalue weighted by molar-refractivity contribution is 5.94. The second-order valence-corrected chi connectivity index (χ2v) is 8.13. The third kappa shape index (κ3) is 7.52. The Morgan fingerprint density at radius 1 is 1.06 bits per heavy atom. The van der Waals surface area contributed by atoms with E-state index in [4.69, 9.17) is 11.5 Å². The van der Waals surface area contributed by atoms with Gasteiger partial charge in [0.25, 0.3) is 0 Å². The Morgan fingerprint density at radius 2 is 1.71 bits per heavy atom. The summed E-state index contributed by atoms with van der Waals surface area (Å²) in [6, 6.07) is 4.14. The molecule has 186 valence electrons. The van der Waals surface area contributed by atoms with Crippen LogP contribution in [0.2, 0.25) is 0 Å². The van der Waals surface area contributed by atoms with Gasteiger partial charge in [0.1, 0.15) is 18.1 Å². The Hall–Kier alpha value is -3.51. The van der Waals surface area contributed by atoms with E-state index in [1.54, 1.807) is 30.3 Å². The molecule has 0 aliphatic carbocycles. The normalized spacial score (nSPS) is 17.9. The summed E-state index contributed by atoms with van der Waals surface area (Å²) in [5, 5.41) is 24.0. The molecule has 1 fully saturated rings. The molecular formula is C22H31N5O7. The van der Waals surface area contributed by atoms with Gasteiger partial charge in [-0.05, 0) is 24.8 Å². The zero-order chi connectivity index (χ0) is 25.3. The molecule has 1 saturated heterocycles. The second-order valence-electron chi connectivity index (χ2n) is 8.13. The number of hydrogen-bond donors (Lipinski definition) is 6. The molecule has 0 bridgehead atoms. The van der Waals surface area contributed by atoms with Crippen LogP contribution >= 0.6 is 0 Å². The van der Waals surface area contributed by atoms with E-state index in [2.05, 4.69) is 10.6 Å². The van der Waals surface area contributed by atoms with E-state index < -0.39 is 60.4 Å². The number of aliphatic hydroxyl groups excluding tert-OH is 1. The van der Waals surface area contributed by atoms with Gasteiger partial charge in [-0.1, -0.05) is 30.3 Å². The van der Waals surface area contributed by atoms with Crippen LogP contribution in [-0.4, -0.2) is 82.0 Å². The number of aliphatic carboxylic acids is 1. The van der Waals surface area contributed by atoms with Gasteiger partial charge < -0.3 is 37.2 Å². The number of carboxylic acid groups (broad SMARTS) is 1. The zero-order valence-corrected chi connectivity index (χ0v) is 18.7. The standard InChI is InChI=1S/C22H31N5O7/c23-14(8-9-18(24)29)19(30)25-15(11-13-5-2-1-3-6-13)20(31)26-16(12-28)21(32)27-10-4-7-17(27)22(33)34/h1-3,5-6,14-17,28H,4,7-12,23H2,(H2,24,29)(H,25,30)(H,26,31)(H,33,34). The van der Waals surface area contributed by atoms with Crippen molar-refractivity contribution in [1.29, 1.82) is 0 Å². The molecule has 12 nitrogen and oxygen atoms in total. The number of aliphatic hydroxyl groups is 1. The molecule has 4 amide bonds. The third-order valence-corrected chi connectivity index (χ3v) is 5.57. The first kappa shape index (κ1) is 26.7. The molecule has 0 spiro atoms. The van der Waals surface area contributed by atoms with Gasteiger partial charge >= 0.3 is 5.97 Å². The Balaban J connectivity index is 2.14. The number of nitrogens with zero attached hydrogens (tertiary/aromatic N) is 1. The first-order chi connectivity index (χ1) is 16.1. The summed E-state index contributed by atoms with van der Waals surface area (Å²) < 4.78 is 0. The van der Waals surface area contributed by atoms with Gasteiger partial charge in [-0.3, -0.25) is 19.2 Å². The van der Waals surface area contributed by atoms with Gasteiger partial charge in [-0.2, -0.15) is 0 Å². The van der Waals surface area contributed by atoms with Crippen LogP contribution in [-0.2, 0) is 30.4 Å². The molecule has 2 rings (SSSR count). The molecular weight excluding hydrogens is 446 g/mol. The van der Waals surface area contributed by atoms with Crippen molar-refractivity contribution in [3.63, 3.8) is 0 Å². The highest BCUT2D eigenvalue weighted by atomic mass is 16.4. The predicted molar refractivity (Wildman–Crippen MR) is 120 cm³/mol. The number of rotatable bonds is 12. The highest BCUT2D eigenvalue weighted by Gasteiger charge is 2.38. The molecule has 34 heavy (non-hydrogen) atoms. The fourth-order valence-corrected chi connectivity index (χ4v) is 3.71. The van der Waals surface area contributed by atoms with Gasteiger partial charge in [0.2, 0.25) is 23.6 Å². The summed E-state index contributed by atoms with van der Waals surface area (Å²) in [7, 11) is 0. The van der Waals surface area contributed by atoms with Gasteiger partial charge in [0.15, 0.2) is 0 Å². The summed E-state index contributed by atoms with van der Waals surface area (Å²) >= 11 is 0. The van der Waals surface area contributed by atoms with Crippen molar-refractivity contribution < 1.29 is 34.2 Å². The van der Waals surface area contributed by atoms with Crippen molar-refractivity contribution in [2.75, 3.05) is 13.2 Å². The van der Waals surface area contributed by atoms with Crippen LogP contribution in [0.5, 0.6) is 0 Å². The molecule has 8 N–H and O–H groups in total. The van der Waals surface area contributed by atoms with Gasteiger partial charge in [-0.15, -0.1) is 0 Å². The highest BCUT2D eigenvalue weighted by Crippen LogP contribution is 2.18. The maximum absolute atomic E-state index is 13.0. The number of carbonyl (C=O) groups is 5. The van der Waals surface area contributed by atoms with Crippen molar-refractivity contribution in [3.05, 3.63) is 35.9 Å². The maximum Gasteiger partial charge on any atom is 0.326 e. The molecule has 1 aromatic carbocycles. The van der Waals surface area contributed by atoms with Crippen LogP contribution in [0.3, 0.4) is 0 Å². The predicted octanol–water partition coefficient (Wildman–Crippen LogP) is -2.14. The van der Waals surface area contributed by atoms with Crippen LogP contribution in [0, 0.1) is 0 Å². The molecule has 4 unspecified atom stereocenters. The number of carbonyl (C=O) groups excluding carboxylic acids is 4. The Morgan fingerprint density at radius 3 is 2.29 bits per heavy atom. The lowest BCUT2D eigenvalue weighted by Crippen LogP contribution is -2.58. The number of benzene rings is 1. The van der Waals surface area contributed by atoms with E-state index in [0.29, 0.717) is 12.0 Å². The summed E-state index contributed by atoms with van der Waals surface area (Å²) in [5.74, 6) is -3.93. The Kier molecular flexibility index (Phi) is 9.95. The molecule has 1 aromatic rings. The largest absolute Gasteiger partial charge is 0.480 e. The summed E-state index contributed by atoms with van der Waals surface area (Å²) in [6.45, 7) is -0.557. The molecule has 4 atom stereocenters. The van der Waals surface area contributed by atoms with E-state index in [1.165, 1.54) is 0 Å². The lowest BCUT2D eigenvalue weighted by Gasteiger charge is -2.28. The van der Waals surface area contributed by atoms with E-state index in [-0.39, 0.29) is 32.2 Å². The molecule has 0 radical (unpaired) electrons. The van der Waals surface area contributed by atoms with Crippen molar-refractivity contribution in [3.8, 4) is 0 Å². The van der Waals surface area contributed by atoms with E-state index in [9.17, 15) is 34.2 Å². The van der Waals surface area contributed by atoms with Gasteiger partial charge in [0, 0.05) is 19.4 Å². The number of hydrogen-bond acceptors (Lipinski definition) is 7. The minimum absolute atomic E-state index is 0.00979. The number of nitrogens with two attached hydrogens (primary N) is 2. The van der Waals surface area contributed by atoms with Crippen LogP contribution in [0.1, 0.15) is 31.2 Å². The fraction of sp³-hybridized carbons (Fsp3) is 0.500. The van der Waals surface area contributed by atoms with Crippen molar-refractivity contribution in [2.45, 2.75) is 56.3 Å². The monoisotopic (exact) mass is 477 g/mol. The first-order valence-electron chi connectivity index (χ1n) is 11.0. The molecule has 12 heteroatoms. The zero-order valence-electron chi connectivity index (χ0n) is 18.7. The quantitative estimate of drug-likeness (QED) is 0.195. The van der Waals surface area contributed by atoms with Gasteiger partial charge in [0.05, 0.1) is 12.6 Å². The number of primary amides is 1. The number of carboxylic acids is 1. The molecule has 0 saturated carbocycles. The second kappa shape index (κ2) is 12.7. The Bertz CT molecular complexity index is 895.